The zero-order chi connectivity index (χ0) is 24.6. The third kappa shape index (κ3) is 4.51. The van der Waals surface area contributed by atoms with Gasteiger partial charge in [-0.05, 0) is 18.2 Å². The van der Waals surface area contributed by atoms with Crippen molar-refractivity contribution in [1.29, 1.82) is 5.26 Å². The minimum Gasteiger partial charge on any atom is -0.329 e. The molecule has 0 atom stereocenters. The zero-order valence-corrected chi connectivity index (χ0v) is 18.3. The predicted molar refractivity (Wildman–Crippen MR) is 117 cm³/mol. The molecular formula is C21H15ClF3N7O2. The molecule has 4 rings (SSSR count). The number of rotatable bonds is 5. The van der Waals surface area contributed by atoms with Crippen molar-refractivity contribution in [1.82, 2.24) is 23.9 Å². The molecule has 13 heteroatoms. The molecule has 1 aliphatic carbocycles. The van der Waals surface area contributed by atoms with E-state index in [4.69, 9.17) is 16.9 Å². The lowest BCUT2D eigenvalue weighted by Crippen LogP contribution is -2.42. The van der Waals surface area contributed by atoms with Crippen LogP contribution in [0.2, 0.25) is 0 Å². The van der Waals surface area contributed by atoms with Crippen LogP contribution in [0.1, 0.15) is 23.2 Å². The molecule has 9 nitrogen and oxygen atoms in total. The minimum absolute atomic E-state index is 0.165. The van der Waals surface area contributed by atoms with Gasteiger partial charge in [-0.15, -0.1) is 0 Å². The Balaban J connectivity index is 1.83. The predicted octanol–water partition coefficient (Wildman–Crippen LogP) is 2.56. The fourth-order valence-corrected chi connectivity index (χ4v) is 3.67. The molecule has 0 bridgehead atoms. The van der Waals surface area contributed by atoms with Gasteiger partial charge in [-0.25, -0.2) is 27.3 Å². The summed E-state index contributed by atoms with van der Waals surface area (Å²) in [5, 5.41) is 16.5. The molecule has 0 saturated heterocycles. The van der Waals surface area contributed by atoms with Crippen LogP contribution in [0.4, 0.5) is 19.1 Å². The zero-order valence-electron chi connectivity index (χ0n) is 17.5. The number of aromatic nitrogens is 5. The summed E-state index contributed by atoms with van der Waals surface area (Å²) in [6, 6.07) is 2.63. The summed E-state index contributed by atoms with van der Waals surface area (Å²) in [5.74, 6) is -4.10. The molecule has 3 aromatic rings. The maximum atomic E-state index is 14.3. The Hall–Kier alpha value is -4.11. The van der Waals surface area contributed by atoms with Crippen molar-refractivity contribution in [2.75, 3.05) is 5.32 Å². The molecule has 0 radical (unpaired) electrons. The van der Waals surface area contributed by atoms with E-state index in [1.807, 2.05) is 0 Å². The summed E-state index contributed by atoms with van der Waals surface area (Å²) >= 11 is 6.28. The highest BCUT2D eigenvalue weighted by Gasteiger charge is 2.19. The fourth-order valence-electron chi connectivity index (χ4n) is 3.42. The summed E-state index contributed by atoms with van der Waals surface area (Å²) in [4.78, 5) is 29.2. The highest BCUT2D eigenvalue weighted by molar-refractivity contribution is 6.31. The number of fused-ring (bicyclic) bond motifs is 1. The Morgan fingerprint density at radius 1 is 1.15 bits per heavy atom. The molecule has 0 aliphatic heterocycles. The van der Waals surface area contributed by atoms with E-state index < -0.39 is 41.9 Å². The smallest absolute Gasteiger partial charge is 0.329 e. The first-order valence-corrected chi connectivity index (χ1v) is 10.1. The third-order valence-corrected chi connectivity index (χ3v) is 5.18. The van der Waals surface area contributed by atoms with Crippen molar-refractivity contribution in [3.63, 3.8) is 0 Å². The Kier molecular flexibility index (Phi) is 6.12. The Morgan fingerprint density at radius 2 is 1.88 bits per heavy atom. The fraction of sp³-hybridized carbons (Fsp3) is 0.190. The molecule has 174 valence electrons. The maximum absolute atomic E-state index is 14.3. The van der Waals surface area contributed by atoms with Crippen LogP contribution >= 0.6 is 11.6 Å². The summed E-state index contributed by atoms with van der Waals surface area (Å²) < 4.78 is 44.4. The number of nitrogens with zero attached hydrogens (tertiary/aromatic N) is 6. The van der Waals surface area contributed by atoms with Crippen molar-refractivity contribution in [3.05, 3.63) is 84.3 Å². The summed E-state index contributed by atoms with van der Waals surface area (Å²) in [6.45, 7) is -1.21. The van der Waals surface area contributed by atoms with E-state index in [2.05, 4.69) is 15.4 Å². The molecular weight excluding hydrogens is 475 g/mol. The first-order chi connectivity index (χ1) is 16.2. The van der Waals surface area contributed by atoms with Gasteiger partial charge in [-0.1, -0.05) is 11.6 Å². The lowest BCUT2D eigenvalue weighted by atomic mass is 10.2. The van der Waals surface area contributed by atoms with Crippen molar-refractivity contribution in [2.45, 2.75) is 19.5 Å². The molecule has 2 aromatic heterocycles. The Morgan fingerprint density at radius 3 is 2.62 bits per heavy atom. The molecule has 0 fully saturated rings. The Labute approximate surface area is 194 Å². The van der Waals surface area contributed by atoms with Crippen molar-refractivity contribution < 1.29 is 13.2 Å². The van der Waals surface area contributed by atoms with Gasteiger partial charge < -0.3 is 5.32 Å². The van der Waals surface area contributed by atoms with E-state index >= 15 is 0 Å². The molecule has 1 aliphatic rings. The monoisotopic (exact) mass is 489 g/mol. The van der Waals surface area contributed by atoms with Gasteiger partial charge in [-0.3, -0.25) is 9.25 Å². The lowest BCUT2D eigenvalue weighted by molar-refractivity contribution is 0.486. The van der Waals surface area contributed by atoms with Crippen molar-refractivity contribution in [3.8, 4) is 6.07 Å². The topological polar surface area (TPSA) is 111 Å². The minimum atomic E-state index is -1.39. The second kappa shape index (κ2) is 9.03. The summed E-state index contributed by atoms with van der Waals surface area (Å²) in [6.07, 6.45) is 5.23. The van der Waals surface area contributed by atoms with Crippen LogP contribution < -0.4 is 16.7 Å². The maximum Gasteiger partial charge on any atom is 0.355 e. The van der Waals surface area contributed by atoms with E-state index in [0.29, 0.717) is 38.7 Å². The number of aryl methyl sites for hydroxylation is 1. The number of anilines is 1. The number of nitriles is 1. The number of nitrogens with one attached hydrogen (secondary N) is 1. The quantitative estimate of drug-likeness (QED) is 0.551. The summed E-state index contributed by atoms with van der Waals surface area (Å²) in [5.41, 5.74) is -0.658. The van der Waals surface area contributed by atoms with Gasteiger partial charge in [0.05, 0.1) is 18.3 Å². The SMILES string of the molecule is Cn1cc2c(n1)C=C(Cl)CC(Nc1nc(=O)n(CC#N)c(=O)n1Cc1cc(F)c(F)cc1F)=C2. The van der Waals surface area contributed by atoms with Crippen LogP contribution in [-0.4, -0.2) is 23.9 Å². The average molecular weight is 490 g/mol. The van der Waals surface area contributed by atoms with Gasteiger partial charge in [0.15, 0.2) is 11.6 Å². The van der Waals surface area contributed by atoms with E-state index in [1.54, 1.807) is 36.1 Å². The number of benzene rings is 1. The normalized spacial score (nSPS) is 12.9. The second-order valence-corrected chi connectivity index (χ2v) is 7.88. The second-order valence-electron chi connectivity index (χ2n) is 7.39. The molecule has 0 unspecified atom stereocenters. The molecule has 0 amide bonds. The van der Waals surface area contributed by atoms with Crippen molar-refractivity contribution in [2.24, 2.45) is 7.05 Å². The van der Waals surface area contributed by atoms with Gasteiger partial charge in [0.1, 0.15) is 12.4 Å². The number of hydrogen-bond donors (Lipinski definition) is 1. The molecule has 2 heterocycles. The largest absolute Gasteiger partial charge is 0.355 e. The molecule has 1 aromatic carbocycles. The van der Waals surface area contributed by atoms with Crippen LogP contribution in [0.25, 0.3) is 12.2 Å². The summed E-state index contributed by atoms with van der Waals surface area (Å²) in [7, 11) is 1.72. The van der Waals surface area contributed by atoms with Crippen molar-refractivity contribution >= 4 is 29.7 Å². The highest BCUT2D eigenvalue weighted by atomic mass is 35.5. The van der Waals surface area contributed by atoms with Crippen LogP contribution in [0.5, 0.6) is 0 Å². The van der Waals surface area contributed by atoms with E-state index in [9.17, 15) is 22.8 Å². The van der Waals surface area contributed by atoms with Gasteiger partial charge >= 0.3 is 11.4 Å². The number of hydrogen-bond acceptors (Lipinski definition) is 6. The van der Waals surface area contributed by atoms with Gasteiger partial charge in [0.25, 0.3) is 0 Å². The number of allylic oxidation sites excluding steroid dienone is 1. The van der Waals surface area contributed by atoms with E-state index in [-0.39, 0.29) is 17.9 Å². The average Bonchev–Trinajstić information content (AvgIpc) is 3.02. The van der Waals surface area contributed by atoms with Crippen LogP contribution in [0.15, 0.2) is 38.6 Å². The van der Waals surface area contributed by atoms with Gasteiger partial charge in [-0.2, -0.15) is 15.3 Å². The third-order valence-electron chi connectivity index (χ3n) is 4.94. The van der Waals surface area contributed by atoms with Crippen LogP contribution in [0, 0.1) is 28.8 Å². The first-order valence-electron chi connectivity index (χ1n) is 9.75. The molecule has 1 N–H and O–H groups in total. The van der Waals surface area contributed by atoms with E-state index in [1.165, 1.54) is 0 Å². The van der Waals surface area contributed by atoms with Gasteiger partial charge in [0, 0.05) is 47.6 Å². The lowest BCUT2D eigenvalue weighted by Gasteiger charge is -2.16. The molecule has 34 heavy (non-hydrogen) atoms. The van der Waals surface area contributed by atoms with Crippen LogP contribution in [-0.2, 0) is 20.1 Å². The molecule has 0 saturated carbocycles. The highest BCUT2D eigenvalue weighted by Crippen LogP contribution is 2.27. The van der Waals surface area contributed by atoms with Crippen LogP contribution in [0.3, 0.4) is 0 Å². The van der Waals surface area contributed by atoms with E-state index in [0.717, 1.165) is 4.57 Å². The Bertz CT molecular complexity index is 1530. The molecule has 0 spiro atoms. The number of halogens is 4. The standard InChI is InChI=1S/C21H15ClF3N7O2/c1-30-9-12-4-14(6-13(22)7-18(12)29-30)27-19-28-20(33)31(3-2-26)21(34)32(19)10-11-5-16(24)17(25)8-15(11)23/h4-5,7-9H,3,6,10H2,1H3,(H,27,28,33). The first kappa shape index (κ1) is 23.1. The van der Waals surface area contributed by atoms with Gasteiger partial charge in [0.2, 0.25) is 5.95 Å².